The molecule has 6 heteroatoms. The molecule has 2 aromatic carbocycles. The number of ether oxygens (including phenoxy) is 2. The number of fused-ring (bicyclic) bond motifs is 2. The van der Waals surface area contributed by atoms with Crippen molar-refractivity contribution < 1.29 is 14.3 Å². The first kappa shape index (κ1) is 24.0. The molecule has 1 aliphatic carbocycles. The molecule has 192 valence electrons. The molecule has 37 heavy (non-hydrogen) atoms. The van der Waals surface area contributed by atoms with E-state index in [4.69, 9.17) is 14.5 Å². The number of anilines is 1. The maximum Gasteiger partial charge on any atom is 0.312 e. The second kappa shape index (κ2) is 9.82. The summed E-state index contributed by atoms with van der Waals surface area (Å²) in [4.78, 5) is 19.8. The van der Waals surface area contributed by atoms with E-state index in [0.29, 0.717) is 19.1 Å². The molecule has 3 aliphatic rings. The van der Waals surface area contributed by atoms with Crippen LogP contribution in [0.15, 0.2) is 54.6 Å². The van der Waals surface area contributed by atoms with Crippen LogP contribution >= 0.6 is 0 Å². The molecule has 3 aromatic rings. The normalized spacial score (nSPS) is 22.1. The Morgan fingerprint density at radius 1 is 1.16 bits per heavy atom. The van der Waals surface area contributed by atoms with Crippen LogP contribution in [0.1, 0.15) is 42.0 Å². The Bertz CT molecular complexity index is 1320. The van der Waals surface area contributed by atoms with Crippen LogP contribution in [0.25, 0.3) is 11.3 Å². The summed E-state index contributed by atoms with van der Waals surface area (Å²) in [6.45, 7) is 8.73. The lowest BCUT2D eigenvalue weighted by Crippen LogP contribution is -2.38. The Morgan fingerprint density at radius 3 is 2.92 bits per heavy atom. The van der Waals surface area contributed by atoms with Gasteiger partial charge < -0.3 is 19.7 Å². The van der Waals surface area contributed by atoms with Crippen molar-refractivity contribution in [3.05, 3.63) is 76.9 Å². The number of esters is 1. The minimum atomic E-state index is -0.254. The number of hydrogen-bond acceptors (Lipinski definition) is 6. The van der Waals surface area contributed by atoms with Crippen LogP contribution in [-0.4, -0.2) is 37.2 Å². The highest BCUT2D eigenvalue weighted by atomic mass is 16.5. The van der Waals surface area contributed by atoms with Gasteiger partial charge in [-0.15, -0.1) is 0 Å². The zero-order chi connectivity index (χ0) is 25.4. The fourth-order valence-electron chi connectivity index (χ4n) is 6.13. The highest BCUT2D eigenvalue weighted by Crippen LogP contribution is 2.59. The summed E-state index contributed by atoms with van der Waals surface area (Å²) in [7, 11) is 0. The number of pyridine rings is 1. The summed E-state index contributed by atoms with van der Waals surface area (Å²) in [5.74, 6) is 2.14. The number of carbonyl (C=O) groups is 1. The molecule has 0 unspecified atom stereocenters. The molecule has 0 bridgehead atoms. The van der Waals surface area contributed by atoms with E-state index in [1.54, 1.807) is 0 Å². The van der Waals surface area contributed by atoms with Crippen LogP contribution in [-0.2, 0) is 29.1 Å². The molecule has 2 aliphatic heterocycles. The van der Waals surface area contributed by atoms with Gasteiger partial charge in [0, 0.05) is 25.2 Å². The maximum atomic E-state index is 12.5. The van der Waals surface area contributed by atoms with Gasteiger partial charge in [-0.3, -0.25) is 4.79 Å². The van der Waals surface area contributed by atoms with Crippen LogP contribution in [0.5, 0.6) is 5.75 Å². The SMILES string of the molecule is CCOC(=O)[C@@]12CCN(c3cccc(-c4ccccc4OCc4ccc5c(c4C)CCNC5)n3)C[C@@H]1C2. The Balaban J connectivity index is 1.18. The Morgan fingerprint density at radius 2 is 2.05 bits per heavy atom. The summed E-state index contributed by atoms with van der Waals surface area (Å²) in [6.07, 6.45) is 2.83. The number of hydrogen-bond donors (Lipinski definition) is 1. The average Bonchev–Trinajstić information content (AvgIpc) is 3.69. The van der Waals surface area contributed by atoms with E-state index in [1.807, 2.05) is 31.2 Å². The van der Waals surface area contributed by atoms with Crippen molar-refractivity contribution >= 4 is 11.8 Å². The fourth-order valence-corrected chi connectivity index (χ4v) is 6.13. The summed E-state index contributed by atoms with van der Waals surface area (Å²) >= 11 is 0. The monoisotopic (exact) mass is 497 g/mol. The van der Waals surface area contributed by atoms with Gasteiger partial charge in [-0.1, -0.05) is 30.3 Å². The standard InChI is InChI=1S/C31H35N3O3/c1-3-36-30(35)31-14-16-34(19-24(31)17-31)29-10-6-8-27(33-29)26-7-4-5-9-28(26)37-20-23-12-11-22-18-32-15-13-25(22)21(23)2/h4-12,24,32H,3,13-20H2,1-2H3/t24-,31+/m0/s1. The Labute approximate surface area is 219 Å². The molecular formula is C31H35N3O3. The van der Waals surface area contributed by atoms with Gasteiger partial charge in [0.25, 0.3) is 0 Å². The number of piperidine rings is 1. The zero-order valence-electron chi connectivity index (χ0n) is 21.8. The van der Waals surface area contributed by atoms with E-state index in [0.717, 1.165) is 68.3 Å². The molecule has 1 saturated heterocycles. The fraction of sp³-hybridized carbons (Fsp3) is 0.419. The van der Waals surface area contributed by atoms with E-state index in [2.05, 4.69) is 47.5 Å². The van der Waals surface area contributed by atoms with Crippen molar-refractivity contribution in [3.63, 3.8) is 0 Å². The van der Waals surface area contributed by atoms with Crippen LogP contribution in [0.4, 0.5) is 5.82 Å². The first-order valence-corrected chi connectivity index (χ1v) is 13.5. The van der Waals surface area contributed by atoms with E-state index in [9.17, 15) is 4.79 Å². The molecule has 2 atom stereocenters. The van der Waals surface area contributed by atoms with Crippen LogP contribution in [0.2, 0.25) is 0 Å². The molecule has 1 N–H and O–H groups in total. The number of para-hydroxylation sites is 1. The second-order valence-corrected chi connectivity index (χ2v) is 10.6. The molecule has 0 radical (unpaired) electrons. The van der Waals surface area contributed by atoms with Crippen LogP contribution < -0.4 is 15.0 Å². The summed E-state index contributed by atoms with van der Waals surface area (Å²) < 4.78 is 11.8. The van der Waals surface area contributed by atoms with Gasteiger partial charge in [0.1, 0.15) is 18.2 Å². The molecule has 0 spiro atoms. The molecule has 0 amide bonds. The van der Waals surface area contributed by atoms with Crippen molar-refractivity contribution in [2.45, 2.75) is 46.3 Å². The van der Waals surface area contributed by atoms with Gasteiger partial charge in [-0.25, -0.2) is 4.98 Å². The highest BCUT2D eigenvalue weighted by Gasteiger charge is 2.63. The molecule has 6 nitrogen and oxygen atoms in total. The van der Waals surface area contributed by atoms with Gasteiger partial charge in [0.15, 0.2) is 0 Å². The average molecular weight is 498 g/mol. The summed E-state index contributed by atoms with van der Waals surface area (Å²) in [6, 6.07) is 18.8. The molecule has 6 rings (SSSR count). The number of nitrogens with one attached hydrogen (secondary N) is 1. The van der Waals surface area contributed by atoms with E-state index < -0.39 is 0 Å². The number of nitrogens with zero attached hydrogens (tertiary/aromatic N) is 2. The quantitative estimate of drug-likeness (QED) is 0.461. The topological polar surface area (TPSA) is 63.7 Å². The molecule has 1 saturated carbocycles. The number of rotatable bonds is 7. The third-order valence-electron chi connectivity index (χ3n) is 8.46. The maximum absolute atomic E-state index is 12.5. The first-order valence-electron chi connectivity index (χ1n) is 13.5. The van der Waals surface area contributed by atoms with Crippen molar-refractivity contribution in [3.8, 4) is 17.0 Å². The van der Waals surface area contributed by atoms with Crippen LogP contribution in [0, 0.1) is 18.3 Å². The first-order chi connectivity index (χ1) is 18.1. The van der Waals surface area contributed by atoms with Gasteiger partial charge in [-0.2, -0.15) is 0 Å². The van der Waals surface area contributed by atoms with Gasteiger partial charge in [-0.05, 0) is 92.1 Å². The summed E-state index contributed by atoms with van der Waals surface area (Å²) in [5.41, 5.74) is 7.09. The summed E-state index contributed by atoms with van der Waals surface area (Å²) in [5, 5.41) is 3.45. The lowest BCUT2D eigenvalue weighted by Gasteiger charge is -2.31. The second-order valence-electron chi connectivity index (χ2n) is 10.6. The van der Waals surface area contributed by atoms with Gasteiger partial charge >= 0.3 is 5.97 Å². The van der Waals surface area contributed by atoms with Gasteiger partial charge in [0.05, 0.1) is 17.7 Å². The largest absolute Gasteiger partial charge is 0.488 e. The molecule has 1 aromatic heterocycles. The van der Waals surface area contributed by atoms with Gasteiger partial charge in [0.2, 0.25) is 0 Å². The van der Waals surface area contributed by atoms with Crippen molar-refractivity contribution in [1.82, 2.24) is 10.3 Å². The Hall–Kier alpha value is -3.38. The third-order valence-corrected chi connectivity index (χ3v) is 8.46. The van der Waals surface area contributed by atoms with E-state index in [1.165, 1.54) is 22.3 Å². The van der Waals surface area contributed by atoms with E-state index >= 15 is 0 Å². The minimum Gasteiger partial charge on any atom is -0.488 e. The highest BCUT2D eigenvalue weighted by molar-refractivity contribution is 5.81. The zero-order valence-corrected chi connectivity index (χ0v) is 21.8. The van der Waals surface area contributed by atoms with E-state index in [-0.39, 0.29) is 11.4 Å². The number of aromatic nitrogens is 1. The predicted molar refractivity (Wildman–Crippen MR) is 145 cm³/mol. The number of carbonyl (C=O) groups excluding carboxylic acids is 1. The van der Waals surface area contributed by atoms with Crippen molar-refractivity contribution in [1.29, 1.82) is 0 Å². The minimum absolute atomic E-state index is 0.0155. The Kier molecular flexibility index (Phi) is 6.37. The number of benzene rings is 2. The van der Waals surface area contributed by atoms with Crippen molar-refractivity contribution in [2.75, 3.05) is 31.1 Å². The van der Waals surface area contributed by atoms with Crippen LogP contribution in [0.3, 0.4) is 0 Å². The third kappa shape index (κ3) is 4.48. The molecule has 2 fully saturated rings. The lowest BCUT2D eigenvalue weighted by atomic mass is 9.93. The lowest BCUT2D eigenvalue weighted by molar-refractivity contribution is -0.150. The molecular weight excluding hydrogens is 462 g/mol. The molecule has 3 heterocycles. The van der Waals surface area contributed by atoms with Crippen molar-refractivity contribution in [2.24, 2.45) is 11.3 Å². The smallest absolute Gasteiger partial charge is 0.312 e. The predicted octanol–water partition coefficient (Wildman–Crippen LogP) is 5.06.